The molecule has 1 aromatic heterocycles. The van der Waals surface area contributed by atoms with Crippen LogP contribution in [0.4, 0.5) is 0 Å². The van der Waals surface area contributed by atoms with Crippen LogP contribution in [0.1, 0.15) is 12.5 Å². The lowest BCUT2D eigenvalue weighted by atomic mass is 10.0. The van der Waals surface area contributed by atoms with Crippen molar-refractivity contribution in [2.45, 2.75) is 13.3 Å². The molecular weight excluding hydrogens is 176 g/mol. The predicted octanol–water partition coefficient (Wildman–Crippen LogP) is 1.97. The molecule has 1 heterocycles. The summed E-state index contributed by atoms with van der Waals surface area (Å²) in [6, 6.07) is 6.10. The molecule has 0 aliphatic carbocycles. The average molecular weight is 190 g/mol. The van der Waals surface area contributed by atoms with Gasteiger partial charge in [-0.25, -0.2) is 4.98 Å². The summed E-state index contributed by atoms with van der Waals surface area (Å²) >= 11 is 0. The smallest absolute Gasteiger partial charge is 0.181 e. The van der Waals surface area contributed by atoms with Crippen LogP contribution in [-0.2, 0) is 6.42 Å². The van der Waals surface area contributed by atoms with Gasteiger partial charge in [0.2, 0.25) is 0 Å². The topological polar surface area (TPSA) is 52.0 Å². The van der Waals surface area contributed by atoms with Crippen molar-refractivity contribution >= 4 is 11.1 Å². The summed E-state index contributed by atoms with van der Waals surface area (Å²) in [6.07, 6.45) is 2.47. The normalized spacial score (nSPS) is 13.3. The highest BCUT2D eigenvalue weighted by atomic mass is 16.3. The molecule has 2 aromatic rings. The predicted molar refractivity (Wildman–Crippen MR) is 55.9 cm³/mol. The minimum Gasteiger partial charge on any atom is -0.443 e. The molecule has 3 nitrogen and oxygen atoms in total. The molecule has 0 amide bonds. The van der Waals surface area contributed by atoms with E-state index in [9.17, 15) is 0 Å². The summed E-state index contributed by atoms with van der Waals surface area (Å²) < 4.78 is 5.23. The molecule has 1 unspecified atom stereocenters. The molecule has 0 saturated carbocycles. The number of benzene rings is 1. The van der Waals surface area contributed by atoms with Crippen LogP contribution in [0.25, 0.3) is 11.1 Å². The number of hydrogen-bond donors (Lipinski definition) is 1. The van der Waals surface area contributed by atoms with E-state index in [0.717, 1.165) is 17.5 Å². The van der Waals surface area contributed by atoms with Crippen molar-refractivity contribution in [3.05, 3.63) is 30.2 Å². The molecule has 0 aliphatic heterocycles. The van der Waals surface area contributed by atoms with E-state index in [1.807, 2.05) is 12.1 Å². The van der Waals surface area contributed by atoms with Gasteiger partial charge in [0.25, 0.3) is 0 Å². The zero-order valence-corrected chi connectivity index (χ0v) is 8.23. The number of aromatic nitrogens is 1. The first-order chi connectivity index (χ1) is 6.79. The molecule has 0 bridgehead atoms. The first kappa shape index (κ1) is 9.21. The molecule has 1 aromatic carbocycles. The van der Waals surface area contributed by atoms with Crippen LogP contribution < -0.4 is 5.73 Å². The Morgan fingerprint density at radius 3 is 3.14 bits per heavy atom. The van der Waals surface area contributed by atoms with E-state index in [0.29, 0.717) is 12.5 Å². The quantitative estimate of drug-likeness (QED) is 0.805. The van der Waals surface area contributed by atoms with Crippen molar-refractivity contribution < 1.29 is 4.42 Å². The van der Waals surface area contributed by atoms with Crippen LogP contribution in [0.5, 0.6) is 0 Å². The molecule has 0 aliphatic rings. The van der Waals surface area contributed by atoms with Crippen molar-refractivity contribution in [3.8, 4) is 0 Å². The standard InChI is InChI=1S/C11H14N2O/c1-8(6-12)4-9-2-3-10-11(5-9)14-7-13-10/h2-3,5,7-8H,4,6,12H2,1H3. The van der Waals surface area contributed by atoms with Gasteiger partial charge in [-0.1, -0.05) is 13.0 Å². The highest BCUT2D eigenvalue weighted by Gasteiger charge is 2.04. The van der Waals surface area contributed by atoms with E-state index in [1.54, 1.807) is 0 Å². The molecule has 74 valence electrons. The van der Waals surface area contributed by atoms with E-state index >= 15 is 0 Å². The molecule has 0 saturated heterocycles. The summed E-state index contributed by atoms with van der Waals surface area (Å²) in [4.78, 5) is 4.07. The maximum atomic E-state index is 5.58. The Kier molecular flexibility index (Phi) is 2.50. The van der Waals surface area contributed by atoms with E-state index < -0.39 is 0 Å². The van der Waals surface area contributed by atoms with Crippen molar-refractivity contribution in [3.63, 3.8) is 0 Å². The summed E-state index contributed by atoms with van der Waals surface area (Å²) in [7, 11) is 0. The summed E-state index contributed by atoms with van der Waals surface area (Å²) in [5, 5.41) is 0. The highest BCUT2D eigenvalue weighted by Crippen LogP contribution is 2.16. The molecule has 3 heteroatoms. The molecule has 14 heavy (non-hydrogen) atoms. The van der Waals surface area contributed by atoms with Crippen LogP contribution in [0.2, 0.25) is 0 Å². The SMILES string of the molecule is CC(CN)Cc1ccc2ncoc2c1. The molecule has 0 radical (unpaired) electrons. The van der Waals surface area contributed by atoms with Crippen molar-refractivity contribution in [2.75, 3.05) is 6.54 Å². The fourth-order valence-corrected chi connectivity index (χ4v) is 1.51. The number of hydrogen-bond acceptors (Lipinski definition) is 3. The lowest BCUT2D eigenvalue weighted by molar-refractivity contribution is 0.587. The Morgan fingerprint density at radius 2 is 2.36 bits per heavy atom. The van der Waals surface area contributed by atoms with Crippen LogP contribution >= 0.6 is 0 Å². The summed E-state index contributed by atoms with van der Waals surface area (Å²) in [5.41, 5.74) is 8.60. The third-order valence-corrected chi connectivity index (χ3v) is 2.38. The Labute approximate surface area is 82.9 Å². The lowest BCUT2D eigenvalue weighted by Crippen LogP contribution is -2.12. The Balaban J connectivity index is 2.25. The minimum absolute atomic E-state index is 0.510. The zero-order valence-electron chi connectivity index (χ0n) is 8.23. The molecule has 2 rings (SSSR count). The van der Waals surface area contributed by atoms with E-state index in [-0.39, 0.29) is 0 Å². The van der Waals surface area contributed by atoms with Crippen LogP contribution in [0.15, 0.2) is 29.0 Å². The lowest BCUT2D eigenvalue weighted by Gasteiger charge is -2.07. The number of rotatable bonds is 3. The first-order valence-corrected chi connectivity index (χ1v) is 4.82. The fraction of sp³-hybridized carbons (Fsp3) is 0.364. The van der Waals surface area contributed by atoms with Crippen molar-refractivity contribution in [2.24, 2.45) is 11.7 Å². The van der Waals surface area contributed by atoms with Crippen molar-refractivity contribution in [1.29, 1.82) is 0 Å². The second kappa shape index (κ2) is 3.80. The van der Waals surface area contributed by atoms with Gasteiger partial charge in [-0.3, -0.25) is 0 Å². The Hall–Kier alpha value is -1.35. The average Bonchev–Trinajstić information content (AvgIpc) is 2.64. The molecule has 0 fully saturated rings. The first-order valence-electron chi connectivity index (χ1n) is 4.82. The van der Waals surface area contributed by atoms with Gasteiger partial charge >= 0.3 is 0 Å². The number of nitrogens with two attached hydrogens (primary N) is 1. The van der Waals surface area contributed by atoms with Gasteiger partial charge in [0.15, 0.2) is 12.0 Å². The van der Waals surface area contributed by atoms with Crippen LogP contribution in [0, 0.1) is 5.92 Å². The van der Waals surface area contributed by atoms with Gasteiger partial charge < -0.3 is 10.2 Å². The fourth-order valence-electron chi connectivity index (χ4n) is 1.51. The third-order valence-electron chi connectivity index (χ3n) is 2.38. The maximum absolute atomic E-state index is 5.58. The van der Waals surface area contributed by atoms with E-state index in [2.05, 4.69) is 18.0 Å². The second-order valence-electron chi connectivity index (χ2n) is 3.70. The van der Waals surface area contributed by atoms with E-state index in [4.69, 9.17) is 10.2 Å². The van der Waals surface area contributed by atoms with Gasteiger partial charge in [-0.2, -0.15) is 0 Å². The van der Waals surface area contributed by atoms with Crippen molar-refractivity contribution in [1.82, 2.24) is 4.98 Å². The van der Waals surface area contributed by atoms with E-state index in [1.165, 1.54) is 12.0 Å². The third kappa shape index (κ3) is 1.77. The molecule has 2 N–H and O–H groups in total. The van der Waals surface area contributed by atoms with Gasteiger partial charge in [0.1, 0.15) is 5.52 Å². The highest BCUT2D eigenvalue weighted by molar-refractivity contribution is 5.72. The number of fused-ring (bicyclic) bond motifs is 1. The largest absolute Gasteiger partial charge is 0.443 e. The van der Waals surface area contributed by atoms with Gasteiger partial charge in [0, 0.05) is 0 Å². The Bertz CT molecular complexity index is 422. The number of oxazole rings is 1. The second-order valence-corrected chi connectivity index (χ2v) is 3.70. The van der Waals surface area contributed by atoms with Crippen LogP contribution in [-0.4, -0.2) is 11.5 Å². The van der Waals surface area contributed by atoms with Gasteiger partial charge in [0.05, 0.1) is 0 Å². The minimum atomic E-state index is 0.510. The summed E-state index contributed by atoms with van der Waals surface area (Å²) in [5.74, 6) is 0.510. The maximum Gasteiger partial charge on any atom is 0.181 e. The number of nitrogens with zero attached hydrogens (tertiary/aromatic N) is 1. The molecule has 1 atom stereocenters. The van der Waals surface area contributed by atoms with Gasteiger partial charge in [-0.15, -0.1) is 0 Å². The Morgan fingerprint density at radius 1 is 1.50 bits per heavy atom. The molecule has 0 spiro atoms. The molecular formula is C11H14N2O. The van der Waals surface area contributed by atoms with Gasteiger partial charge in [-0.05, 0) is 36.6 Å². The van der Waals surface area contributed by atoms with Crippen LogP contribution in [0.3, 0.4) is 0 Å². The zero-order chi connectivity index (χ0) is 9.97. The monoisotopic (exact) mass is 190 g/mol. The summed E-state index contributed by atoms with van der Waals surface area (Å²) in [6.45, 7) is 2.86.